The maximum Gasteiger partial charge on any atom is 0.265 e. The molecule has 1 fully saturated rings. The average Bonchev–Trinajstić information content (AvgIpc) is 3.38. The molecule has 0 spiro atoms. The summed E-state index contributed by atoms with van der Waals surface area (Å²) in [6.45, 7) is 1.48. The Morgan fingerprint density at radius 3 is 2.44 bits per heavy atom. The average molecular weight is 468 g/mol. The molecule has 162 valence electrons. The monoisotopic (exact) mass is 467 g/mol. The zero-order chi connectivity index (χ0) is 22.2. The van der Waals surface area contributed by atoms with Crippen molar-refractivity contribution in [2.45, 2.75) is 6.54 Å². The van der Waals surface area contributed by atoms with Crippen LogP contribution in [0.2, 0.25) is 4.34 Å². The molecule has 0 unspecified atom stereocenters. The molecule has 2 aliphatic rings. The SMILES string of the molecule is O=C(Nc1cccc2c1C(=O)N(c1ccc(N3CCOCC3=O)cc1)C2)c1ccc(Cl)s1. The molecule has 3 amide bonds. The molecule has 3 aromatic rings. The molecule has 1 saturated heterocycles. The fourth-order valence-corrected chi connectivity index (χ4v) is 4.84. The molecule has 0 saturated carbocycles. The number of nitrogens with one attached hydrogen (secondary N) is 1. The van der Waals surface area contributed by atoms with E-state index in [0.717, 1.165) is 16.9 Å². The predicted octanol–water partition coefficient (Wildman–Crippen LogP) is 4.18. The first-order valence-corrected chi connectivity index (χ1v) is 11.2. The minimum Gasteiger partial charge on any atom is -0.370 e. The molecule has 0 bridgehead atoms. The van der Waals surface area contributed by atoms with E-state index in [0.29, 0.717) is 40.2 Å². The number of carbonyl (C=O) groups excluding carboxylic acids is 3. The third-order valence-corrected chi connectivity index (χ3v) is 6.67. The number of hydrogen-bond donors (Lipinski definition) is 1. The van der Waals surface area contributed by atoms with Crippen molar-refractivity contribution in [1.29, 1.82) is 0 Å². The quantitative estimate of drug-likeness (QED) is 0.624. The van der Waals surface area contributed by atoms with E-state index >= 15 is 0 Å². The van der Waals surface area contributed by atoms with E-state index in [1.807, 2.05) is 36.4 Å². The smallest absolute Gasteiger partial charge is 0.265 e. The standard InChI is InChI=1S/C23H18ClN3O4S/c24-19-9-8-18(32-19)22(29)25-17-3-1-2-14-12-27(23(30)21(14)17)16-6-4-15(5-7-16)26-10-11-31-13-20(26)28/h1-9H,10-13H2,(H,25,29). The van der Waals surface area contributed by atoms with Crippen molar-refractivity contribution in [3.8, 4) is 0 Å². The summed E-state index contributed by atoms with van der Waals surface area (Å²) in [5.41, 5.74) is 3.28. The molecule has 32 heavy (non-hydrogen) atoms. The zero-order valence-corrected chi connectivity index (χ0v) is 18.4. The first-order valence-electron chi connectivity index (χ1n) is 10.00. The Morgan fingerprint density at radius 1 is 1.00 bits per heavy atom. The van der Waals surface area contributed by atoms with Crippen LogP contribution in [0.4, 0.5) is 17.1 Å². The van der Waals surface area contributed by atoms with Crippen LogP contribution in [-0.4, -0.2) is 37.5 Å². The van der Waals surface area contributed by atoms with Gasteiger partial charge in [-0.3, -0.25) is 14.4 Å². The molecule has 0 atom stereocenters. The largest absolute Gasteiger partial charge is 0.370 e. The fourth-order valence-electron chi connectivity index (χ4n) is 3.90. The van der Waals surface area contributed by atoms with Crippen molar-refractivity contribution in [2.24, 2.45) is 0 Å². The molecule has 2 aliphatic heterocycles. The molecule has 0 aliphatic carbocycles. The highest BCUT2D eigenvalue weighted by atomic mass is 35.5. The van der Waals surface area contributed by atoms with Crippen molar-refractivity contribution < 1.29 is 19.1 Å². The molecular weight excluding hydrogens is 450 g/mol. The Labute approximate surface area is 193 Å². The van der Waals surface area contributed by atoms with E-state index in [2.05, 4.69) is 5.32 Å². The summed E-state index contributed by atoms with van der Waals surface area (Å²) in [4.78, 5) is 41.7. The molecule has 0 radical (unpaired) electrons. The predicted molar refractivity (Wildman–Crippen MR) is 124 cm³/mol. The van der Waals surface area contributed by atoms with Gasteiger partial charge in [-0.05, 0) is 48.0 Å². The van der Waals surface area contributed by atoms with Crippen LogP contribution in [-0.2, 0) is 16.1 Å². The summed E-state index contributed by atoms with van der Waals surface area (Å²) in [7, 11) is 0. The number of ether oxygens (including phenoxy) is 1. The number of thiophene rings is 1. The lowest BCUT2D eigenvalue weighted by Gasteiger charge is -2.27. The summed E-state index contributed by atoms with van der Waals surface area (Å²) in [5.74, 6) is -0.572. The highest BCUT2D eigenvalue weighted by Crippen LogP contribution is 2.34. The third kappa shape index (κ3) is 3.77. The van der Waals surface area contributed by atoms with Crippen LogP contribution in [0.5, 0.6) is 0 Å². The molecular formula is C23H18ClN3O4S. The maximum atomic E-state index is 13.3. The van der Waals surface area contributed by atoms with Crippen LogP contribution in [0.15, 0.2) is 54.6 Å². The van der Waals surface area contributed by atoms with E-state index in [1.54, 1.807) is 28.0 Å². The van der Waals surface area contributed by atoms with Gasteiger partial charge in [-0.15, -0.1) is 11.3 Å². The van der Waals surface area contributed by atoms with E-state index in [-0.39, 0.29) is 24.3 Å². The second-order valence-electron chi connectivity index (χ2n) is 7.40. The van der Waals surface area contributed by atoms with Crippen LogP contribution in [0, 0.1) is 0 Å². The normalized spacial score (nSPS) is 15.8. The van der Waals surface area contributed by atoms with E-state index in [4.69, 9.17) is 16.3 Å². The molecule has 2 aromatic carbocycles. The van der Waals surface area contributed by atoms with Gasteiger partial charge in [0.15, 0.2) is 0 Å². The van der Waals surface area contributed by atoms with Gasteiger partial charge in [-0.1, -0.05) is 23.7 Å². The highest BCUT2D eigenvalue weighted by Gasteiger charge is 2.32. The minimum atomic E-state index is -0.305. The zero-order valence-electron chi connectivity index (χ0n) is 16.8. The summed E-state index contributed by atoms with van der Waals surface area (Å²) in [5, 5.41) is 2.84. The summed E-state index contributed by atoms with van der Waals surface area (Å²) in [6, 6.07) is 16.1. The number of morpholine rings is 1. The Morgan fingerprint density at radius 2 is 1.75 bits per heavy atom. The van der Waals surface area contributed by atoms with Crippen LogP contribution >= 0.6 is 22.9 Å². The molecule has 1 aromatic heterocycles. The van der Waals surface area contributed by atoms with Crippen LogP contribution in [0.3, 0.4) is 0 Å². The van der Waals surface area contributed by atoms with Gasteiger partial charge in [0.2, 0.25) is 0 Å². The van der Waals surface area contributed by atoms with Crippen molar-refractivity contribution in [3.05, 3.63) is 74.9 Å². The number of benzene rings is 2. The lowest BCUT2D eigenvalue weighted by molar-refractivity contribution is -0.125. The number of fused-ring (bicyclic) bond motifs is 1. The number of amides is 3. The minimum absolute atomic E-state index is 0.0772. The van der Waals surface area contributed by atoms with E-state index in [9.17, 15) is 14.4 Å². The Bertz CT molecular complexity index is 1220. The van der Waals surface area contributed by atoms with Crippen LogP contribution in [0.25, 0.3) is 0 Å². The van der Waals surface area contributed by atoms with Gasteiger partial charge in [-0.2, -0.15) is 0 Å². The maximum absolute atomic E-state index is 13.3. The lowest BCUT2D eigenvalue weighted by atomic mass is 10.1. The van der Waals surface area contributed by atoms with Crippen molar-refractivity contribution in [3.63, 3.8) is 0 Å². The Hall–Kier alpha value is -3.20. The third-order valence-electron chi connectivity index (χ3n) is 5.44. The van der Waals surface area contributed by atoms with Gasteiger partial charge in [0, 0.05) is 17.9 Å². The van der Waals surface area contributed by atoms with Crippen molar-refractivity contribution in [1.82, 2.24) is 0 Å². The summed E-state index contributed by atoms with van der Waals surface area (Å²) < 4.78 is 5.70. The van der Waals surface area contributed by atoms with Gasteiger partial charge in [0.25, 0.3) is 17.7 Å². The number of anilines is 3. The van der Waals surface area contributed by atoms with Gasteiger partial charge in [0.1, 0.15) is 6.61 Å². The molecule has 9 heteroatoms. The van der Waals surface area contributed by atoms with E-state index in [1.165, 1.54) is 11.3 Å². The number of halogens is 1. The fraction of sp³-hybridized carbons (Fsp3) is 0.174. The Kier molecular flexibility index (Phi) is 5.42. The lowest BCUT2D eigenvalue weighted by Crippen LogP contribution is -2.41. The first-order chi connectivity index (χ1) is 15.5. The van der Waals surface area contributed by atoms with Crippen molar-refractivity contribution in [2.75, 3.05) is 34.9 Å². The van der Waals surface area contributed by atoms with Crippen LogP contribution < -0.4 is 15.1 Å². The summed E-state index contributed by atoms with van der Waals surface area (Å²) in [6.07, 6.45) is 0. The molecule has 3 heterocycles. The number of nitrogens with zero attached hydrogens (tertiary/aromatic N) is 2. The van der Waals surface area contributed by atoms with Gasteiger partial charge in [0.05, 0.1) is 33.6 Å². The number of hydrogen-bond acceptors (Lipinski definition) is 5. The number of carbonyl (C=O) groups is 3. The summed E-state index contributed by atoms with van der Waals surface area (Å²) >= 11 is 7.11. The van der Waals surface area contributed by atoms with Gasteiger partial charge in [-0.25, -0.2) is 0 Å². The number of rotatable bonds is 4. The highest BCUT2D eigenvalue weighted by molar-refractivity contribution is 7.18. The topological polar surface area (TPSA) is 79.0 Å². The molecule has 7 nitrogen and oxygen atoms in total. The first kappa shape index (κ1) is 20.7. The molecule has 5 rings (SSSR count). The second kappa shape index (κ2) is 8.38. The van der Waals surface area contributed by atoms with E-state index < -0.39 is 0 Å². The van der Waals surface area contributed by atoms with Gasteiger partial charge >= 0.3 is 0 Å². The second-order valence-corrected chi connectivity index (χ2v) is 9.12. The Balaban J connectivity index is 1.37. The van der Waals surface area contributed by atoms with Crippen LogP contribution in [0.1, 0.15) is 25.6 Å². The van der Waals surface area contributed by atoms with Gasteiger partial charge < -0.3 is 19.9 Å². The molecule has 1 N–H and O–H groups in total. The van der Waals surface area contributed by atoms with Crippen molar-refractivity contribution >= 4 is 57.7 Å².